The number of fused-ring (bicyclic) bond motifs is 1. The van der Waals surface area contributed by atoms with Crippen LogP contribution in [0.15, 0.2) is 30.3 Å². The van der Waals surface area contributed by atoms with Crippen LogP contribution >= 0.6 is 0 Å². The lowest BCUT2D eigenvalue weighted by Gasteiger charge is -2.22. The van der Waals surface area contributed by atoms with Crippen LogP contribution in [0.4, 0.5) is 0 Å². The minimum Gasteiger partial charge on any atom is -0.396 e. The Labute approximate surface area is 125 Å². The van der Waals surface area contributed by atoms with Crippen LogP contribution in [-0.4, -0.2) is 28.2 Å². The van der Waals surface area contributed by atoms with E-state index in [1.54, 1.807) is 0 Å². The van der Waals surface area contributed by atoms with E-state index in [2.05, 4.69) is 31.3 Å². The number of para-hydroxylation sites is 1. The van der Waals surface area contributed by atoms with Gasteiger partial charge in [0.2, 0.25) is 5.91 Å². The summed E-state index contributed by atoms with van der Waals surface area (Å²) in [4.78, 5) is 12.3. The van der Waals surface area contributed by atoms with Crippen LogP contribution in [0.25, 0.3) is 10.9 Å². The number of hydrogen-bond donors (Lipinski definition) is 2. The largest absolute Gasteiger partial charge is 0.396 e. The van der Waals surface area contributed by atoms with Gasteiger partial charge in [-0.2, -0.15) is 0 Å². The Morgan fingerprint density at radius 3 is 2.71 bits per heavy atom. The summed E-state index contributed by atoms with van der Waals surface area (Å²) >= 11 is 0. The third kappa shape index (κ3) is 3.64. The van der Waals surface area contributed by atoms with E-state index in [4.69, 9.17) is 5.11 Å². The third-order valence-corrected chi connectivity index (χ3v) is 3.91. The van der Waals surface area contributed by atoms with E-state index in [1.807, 2.05) is 29.7 Å². The molecule has 0 aliphatic rings. The van der Waals surface area contributed by atoms with Crippen molar-refractivity contribution in [2.75, 3.05) is 6.61 Å². The first-order valence-electron chi connectivity index (χ1n) is 7.48. The van der Waals surface area contributed by atoms with Crippen molar-refractivity contribution in [3.05, 3.63) is 36.0 Å². The smallest absolute Gasteiger partial charge is 0.240 e. The van der Waals surface area contributed by atoms with Gasteiger partial charge >= 0.3 is 0 Å². The molecular formula is C17H24N2O2. The maximum atomic E-state index is 12.3. The average Bonchev–Trinajstić information content (AvgIpc) is 2.75. The molecular weight excluding hydrogens is 264 g/mol. The van der Waals surface area contributed by atoms with Crippen molar-refractivity contribution in [2.45, 2.75) is 39.8 Å². The normalized spacial score (nSPS) is 12.8. The van der Waals surface area contributed by atoms with Gasteiger partial charge in [-0.1, -0.05) is 32.0 Å². The number of benzene rings is 1. The van der Waals surface area contributed by atoms with Gasteiger partial charge in [0.25, 0.3) is 0 Å². The second-order valence-corrected chi connectivity index (χ2v) is 5.86. The molecule has 0 bridgehead atoms. The van der Waals surface area contributed by atoms with Crippen LogP contribution in [0.1, 0.15) is 26.0 Å². The Kier molecular flexibility index (Phi) is 5.02. The van der Waals surface area contributed by atoms with Crippen LogP contribution < -0.4 is 5.32 Å². The summed E-state index contributed by atoms with van der Waals surface area (Å²) in [6.45, 7) is 6.53. The molecule has 4 nitrogen and oxygen atoms in total. The first-order valence-corrected chi connectivity index (χ1v) is 7.48. The molecule has 1 amide bonds. The standard InChI is InChI=1S/C17H24N2O2/c1-12(2)15(8-9-20)18-17(21)11-19-13(3)10-14-6-4-5-7-16(14)19/h4-7,10,12,15,20H,8-9,11H2,1-3H3,(H,18,21). The summed E-state index contributed by atoms with van der Waals surface area (Å²) < 4.78 is 2.03. The Morgan fingerprint density at radius 1 is 1.33 bits per heavy atom. The fourth-order valence-electron chi connectivity index (χ4n) is 2.67. The van der Waals surface area contributed by atoms with E-state index < -0.39 is 0 Å². The van der Waals surface area contributed by atoms with Crippen LogP contribution in [0.5, 0.6) is 0 Å². The number of aryl methyl sites for hydroxylation is 1. The highest BCUT2D eigenvalue weighted by molar-refractivity contribution is 5.84. The molecule has 1 heterocycles. The molecule has 0 aliphatic carbocycles. The molecule has 0 saturated carbocycles. The van der Waals surface area contributed by atoms with Gasteiger partial charge in [0.1, 0.15) is 6.54 Å². The molecule has 1 aromatic carbocycles. The quantitative estimate of drug-likeness (QED) is 0.858. The summed E-state index contributed by atoms with van der Waals surface area (Å²) in [7, 11) is 0. The predicted molar refractivity (Wildman–Crippen MR) is 85.1 cm³/mol. The molecule has 0 saturated heterocycles. The van der Waals surface area contributed by atoms with E-state index in [0.29, 0.717) is 18.9 Å². The Hall–Kier alpha value is -1.81. The zero-order chi connectivity index (χ0) is 15.4. The summed E-state index contributed by atoms with van der Waals surface area (Å²) in [6.07, 6.45) is 0.592. The third-order valence-electron chi connectivity index (χ3n) is 3.91. The molecule has 2 N–H and O–H groups in total. The van der Waals surface area contributed by atoms with Crippen LogP contribution in [-0.2, 0) is 11.3 Å². The fraction of sp³-hybridized carbons (Fsp3) is 0.471. The second-order valence-electron chi connectivity index (χ2n) is 5.86. The van der Waals surface area contributed by atoms with Gasteiger partial charge in [-0.05, 0) is 36.8 Å². The van der Waals surface area contributed by atoms with Crippen LogP contribution in [0, 0.1) is 12.8 Å². The number of rotatable bonds is 6. The fourth-order valence-corrected chi connectivity index (χ4v) is 2.67. The molecule has 2 aromatic rings. The predicted octanol–water partition coefficient (Wildman–Crippen LogP) is 2.47. The molecule has 4 heteroatoms. The summed E-state index contributed by atoms with van der Waals surface area (Å²) in [5.41, 5.74) is 2.16. The number of carbonyl (C=O) groups excluding carboxylic acids is 1. The topological polar surface area (TPSA) is 54.3 Å². The molecule has 0 radical (unpaired) electrons. The number of nitrogens with one attached hydrogen (secondary N) is 1. The number of aliphatic hydroxyl groups excluding tert-OH is 1. The van der Waals surface area contributed by atoms with E-state index in [1.165, 1.54) is 0 Å². The van der Waals surface area contributed by atoms with Crippen LogP contribution in [0.2, 0.25) is 0 Å². The van der Waals surface area contributed by atoms with E-state index in [0.717, 1.165) is 16.6 Å². The minimum absolute atomic E-state index is 0.00777. The summed E-state index contributed by atoms with van der Waals surface area (Å²) in [5, 5.41) is 13.3. The molecule has 114 valence electrons. The maximum Gasteiger partial charge on any atom is 0.240 e. The number of aromatic nitrogens is 1. The van der Waals surface area contributed by atoms with Gasteiger partial charge in [0.15, 0.2) is 0 Å². The van der Waals surface area contributed by atoms with Gasteiger partial charge in [-0.25, -0.2) is 0 Å². The minimum atomic E-state index is -0.00777. The van der Waals surface area contributed by atoms with E-state index >= 15 is 0 Å². The number of carbonyl (C=O) groups is 1. The highest BCUT2D eigenvalue weighted by Gasteiger charge is 2.16. The molecule has 1 unspecified atom stereocenters. The first kappa shape index (κ1) is 15.6. The molecule has 0 fully saturated rings. The Morgan fingerprint density at radius 2 is 2.05 bits per heavy atom. The van der Waals surface area contributed by atoms with Crippen molar-refractivity contribution in [1.82, 2.24) is 9.88 Å². The van der Waals surface area contributed by atoms with Gasteiger partial charge in [-0.3, -0.25) is 4.79 Å². The monoisotopic (exact) mass is 288 g/mol. The summed E-state index contributed by atoms with van der Waals surface area (Å²) in [6, 6.07) is 10.2. The zero-order valence-electron chi connectivity index (χ0n) is 13.0. The summed E-state index contributed by atoms with van der Waals surface area (Å²) in [5.74, 6) is 0.301. The molecule has 0 aliphatic heterocycles. The molecule has 1 aromatic heterocycles. The molecule has 1 atom stereocenters. The lowest BCUT2D eigenvalue weighted by molar-refractivity contribution is -0.122. The van der Waals surface area contributed by atoms with Gasteiger partial charge < -0.3 is 15.0 Å². The molecule has 2 rings (SSSR count). The zero-order valence-corrected chi connectivity index (χ0v) is 13.0. The van der Waals surface area contributed by atoms with Crippen LogP contribution in [0.3, 0.4) is 0 Å². The van der Waals surface area contributed by atoms with Crippen molar-refractivity contribution < 1.29 is 9.90 Å². The van der Waals surface area contributed by atoms with Crippen molar-refractivity contribution in [3.63, 3.8) is 0 Å². The first-order chi connectivity index (χ1) is 10.0. The highest BCUT2D eigenvalue weighted by atomic mass is 16.3. The van der Waals surface area contributed by atoms with Gasteiger partial charge in [0, 0.05) is 23.9 Å². The van der Waals surface area contributed by atoms with Gasteiger partial charge in [0.05, 0.1) is 0 Å². The lowest BCUT2D eigenvalue weighted by atomic mass is 10.0. The van der Waals surface area contributed by atoms with Crippen molar-refractivity contribution >= 4 is 16.8 Å². The van der Waals surface area contributed by atoms with Crippen molar-refractivity contribution in [2.24, 2.45) is 5.92 Å². The highest BCUT2D eigenvalue weighted by Crippen LogP contribution is 2.19. The number of amides is 1. The number of nitrogens with zero attached hydrogens (tertiary/aromatic N) is 1. The number of hydrogen-bond acceptors (Lipinski definition) is 2. The van der Waals surface area contributed by atoms with Crippen molar-refractivity contribution in [3.8, 4) is 0 Å². The maximum absolute atomic E-state index is 12.3. The van der Waals surface area contributed by atoms with Gasteiger partial charge in [-0.15, -0.1) is 0 Å². The second kappa shape index (κ2) is 6.76. The molecule has 0 spiro atoms. The number of aliphatic hydroxyl groups is 1. The average molecular weight is 288 g/mol. The molecule has 21 heavy (non-hydrogen) atoms. The Balaban J connectivity index is 2.12. The Bertz CT molecular complexity index is 616. The SMILES string of the molecule is Cc1cc2ccccc2n1CC(=O)NC(CCO)C(C)C. The van der Waals surface area contributed by atoms with Crippen molar-refractivity contribution in [1.29, 1.82) is 0 Å². The van der Waals surface area contributed by atoms with E-state index in [-0.39, 0.29) is 18.6 Å². The van der Waals surface area contributed by atoms with E-state index in [9.17, 15) is 4.79 Å². The lowest BCUT2D eigenvalue weighted by Crippen LogP contribution is -2.40.